The molecule has 1 atom stereocenters. The number of amides is 1. The Morgan fingerprint density at radius 2 is 2.07 bits per heavy atom. The lowest BCUT2D eigenvalue weighted by Gasteiger charge is -2.18. The molecule has 1 amide bonds. The van der Waals surface area contributed by atoms with E-state index in [-0.39, 0.29) is 23.6 Å². The quantitative estimate of drug-likeness (QED) is 0.655. The van der Waals surface area contributed by atoms with E-state index in [1.807, 2.05) is 25.1 Å². The largest absolute Gasteiger partial charge is 0.493 e. The number of hydrogen-bond acceptors (Lipinski definition) is 5. The standard InChI is InChI=1S/C21H20FN3O3S/c1-12-19-20(29-11-18(26)23-21(19)25-24-12)13-7-8-16(17(9-13)27-2)28-10-14-5-3-4-6-15(14)22/h3-9,20H,10-11H2,1-2H3,(H2,23,24,25,26)/t20-/m1/s1. The number of aromatic amines is 1. The lowest BCUT2D eigenvalue weighted by atomic mass is 10.0. The van der Waals surface area contributed by atoms with Crippen molar-refractivity contribution in [2.24, 2.45) is 0 Å². The number of aryl methyl sites for hydroxylation is 1. The molecule has 1 aliphatic rings. The highest BCUT2D eigenvalue weighted by molar-refractivity contribution is 8.00. The summed E-state index contributed by atoms with van der Waals surface area (Å²) in [6.45, 7) is 2.03. The summed E-state index contributed by atoms with van der Waals surface area (Å²) in [6, 6.07) is 12.1. The van der Waals surface area contributed by atoms with Gasteiger partial charge in [0.2, 0.25) is 5.91 Å². The molecule has 150 valence electrons. The first kappa shape index (κ1) is 19.3. The van der Waals surface area contributed by atoms with E-state index in [9.17, 15) is 9.18 Å². The third kappa shape index (κ3) is 3.93. The minimum atomic E-state index is -0.307. The monoisotopic (exact) mass is 413 g/mol. The molecule has 8 heteroatoms. The van der Waals surface area contributed by atoms with E-state index in [1.54, 1.807) is 25.3 Å². The number of rotatable bonds is 5. The molecule has 1 aromatic heterocycles. The molecule has 0 radical (unpaired) electrons. The summed E-state index contributed by atoms with van der Waals surface area (Å²) < 4.78 is 25.2. The first-order valence-corrected chi connectivity index (χ1v) is 10.1. The summed E-state index contributed by atoms with van der Waals surface area (Å²) in [6.07, 6.45) is 0. The Balaban J connectivity index is 1.62. The van der Waals surface area contributed by atoms with Crippen molar-refractivity contribution in [2.45, 2.75) is 18.8 Å². The van der Waals surface area contributed by atoms with E-state index >= 15 is 0 Å². The van der Waals surface area contributed by atoms with Crippen LogP contribution in [0.3, 0.4) is 0 Å². The highest BCUT2D eigenvalue weighted by Gasteiger charge is 2.28. The Hall–Kier alpha value is -3.00. The Morgan fingerprint density at radius 1 is 1.24 bits per heavy atom. The van der Waals surface area contributed by atoms with E-state index in [1.165, 1.54) is 17.8 Å². The van der Waals surface area contributed by atoms with Gasteiger partial charge < -0.3 is 14.8 Å². The second-order valence-corrected chi connectivity index (χ2v) is 7.73. The molecular weight excluding hydrogens is 393 g/mol. The molecule has 1 aliphatic heterocycles. The first-order valence-electron chi connectivity index (χ1n) is 9.07. The number of ether oxygens (including phenoxy) is 2. The Labute approximate surface area is 171 Å². The van der Waals surface area contributed by atoms with Crippen molar-refractivity contribution in [1.82, 2.24) is 10.2 Å². The fourth-order valence-electron chi connectivity index (χ4n) is 3.26. The van der Waals surface area contributed by atoms with Gasteiger partial charge in [-0.1, -0.05) is 24.3 Å². The van der Waals surface area contributed by atoms with E-state index in [2.05, 4.69) is 15.5 Å². The normalized spacial score (nSPS) is 16.0. The average Bonchev–Trinajstić information content (AvgIpc) is 2.98. The zero-order valence-electron chi connectivity index (χ0n) is 16.0. The number of thioether (sulfide) groups is 1. The molecule has 2 aromatic carbocycles. The van der Waals surface area contributed by atoms with Crippen LogP contribution in [0.4, 0.5) is 10.2 Å². The van der Waals surface area contributed by atoms with E-state index in [0.29, 0.717) is 28.6 Å². The number of nitrogens with zero attached hydrogens (tertiary/aromatic N) is 1. The molecule has 2 N–H and O–H groups in total. The molecule has 6 nitrogen and oxygen atoms in total. The number of methoxy groups -OCH3 is 1. The number of H-pyrrole nitrogens is 1. The zero-order valence-corrected chi connectivity index (χ0v) is 16.8. The van der Waals surface area contributed by atoms with Crippen molar-refractivity contribution in [3.63, 3.8) is 0 Å². The van der Waals surface area contributed by atoms with E-state index in [0.717, 1.165) is 16.8 Å². The van der Waals surface area contributed by atoms with Gasteiger partial charge in [-0.25, -0.2) is 4.39 Å². The van der Waals surface area contributed by atoms with Gasteiger partial charge in [0.05, 0.1) is 18.1 Å². The van der Waals surface area contributed by atoms with Crippen LogP contribution in [-0.4, -0.2) is 29.0 Å². The lowest BCUT2D eigenvalue weighted by Crippen LogP contribution is -2.12. The van der Waals surface area contributed by atoms with Crippen LogP contribution in [0.25, 0.3) is 0 Å². The number of halogens is 1. The Kier molecular flexibility index (Phi) is 5.44. The fourth-order valence-corrected chi connectivity index (χ4v) is 4.45. The van der Waals surface area contributed by atoms with Gasteiger partial charge in [0.25, 0.3) is 0 Å². The topological polar surface area (TPSA) is 76.2 Å². The summed E-state index contributed by atoms with van der Waals surface area (Å²) in [5.41, 5.74) is 3.29. The number of carbonyl (C=O) groups excluding carboxylic acids is 1. The van der Waals surface area contributed by atoms with Gasteiger partial charge in [-0.05, 0) is 30.7 Å². The second-order valence-electron chi connectivity index (χ2n) is 6.64. The number of aromatic nitrogens is 2. The number of anilines is 1. The first-order chi connectivity index (χ1) is 14.1. The molecular formula is C21H20FN3O3S. The summed E-state index contributed by atoms with van der Waals surface area (Å²) in [4.78, 5) is 12.0. The van der Waals surface area contributed by atoms with Crippen molar-refractivity contribution in [3.05, 3.63) is 70.7 Å². The SMILES string of the molecule is COc1cc([C@H]2SCC(=O)Nc3n[nH]c(C)c32)ccc1OCc1ccccc1F. The molecule has 2 heterocycles. The molecule has 0 unspecified atom stereocenters. The number of carbonyl (C=O) groups is 1. The minimum absolute atomic E-state index is 0.0814. The van der Waals surface area contributed by atoms with Gasteiger partial charge in [0.1, 0.15) is 12.4 Å². The fraction of sp³-hybridized carbons (Fsp3) is 0.238. The predicted octanol–water partition coefficient (Wildman–Crippen LogP) is 4.22. The number of benzene rings is 2. The van der Waals surface area contributed by atoms with E-state index in [4.69, 9.17) is 9.47 Å². The van der Waals surface area contributed by atoms with Crippen molar-refractivity contribution in [2.75, 3.05) is 18.2 Å². The van der Waals surface area contributed by atoms with Gasteiger partial charge in [-0.2, -0.15) is 5.10 Å². The number of hydrogen-bond donors (Lipinski definition) is 2. The molecule has 29 heavy (non-hydrogen) atoms. The van der Waals surface area contributed by atoms with Gasteiger partial charge in [-0.15, -0.1) is 11.8 Å². The van der Waals surface area contributed by atoms with Crippen molar-refractivity contribution in [1.29, 1.82) is 0 Å². The summed E-state index contributed by atoms with van der Waals surface area (Å²) in [5, 5.41) is 9.90. The van der Waals surface area contributed by atoms with Crippen LogP contribution in [0.2, 0.25) is 0 Å². The van der Waals surface area contributed by atoms with Crippen LogP contribution in [-0.2, 0) is 11.4 Å². The van der Waals surface area contributed by atoms with Crippen LogP contribution in [0.15, 0.2) is 42.5 Å². The maximum absolute atomic E-state index is 13.8. The molecule has 0 fully saturated rings. The van der Waals surface area contributed by atoms with Crippen LogP contribution in [0.5, 0.6) is 11.5 Å². The van der Waals surface area contributed by atoms with Crippen molar-refractivity contribution >= 4 is 23.5 Å². The second kappa shape index (κ2) is 8.16. The average molecular weight is 413 g/mol. The molecule has 0 aliphatic carbocycles. The third-order valence-electron chi connectivity index (χ3n) is 4.73. The van der Waals surface area contributed by atoms with Crippen LogP contribution < -0.4 is 14.8 Å². The minimum Gasteiger partial charge on any atom is -0.493 e. The van der Waals surface area contributed by atoms with Gasteiger partial charge in [0, 0.05) is 16.8 Å². The molecule has 0 saturated carbocycles. The summed E-state index contributed by atoms with van der Waals surface area (Å²) in [5.74, 6) is 1.57. The van der Waals surface area contributed by atoms with Crippen LogP contribution in [0.1, 0.15) is 27.6 Å². The Morgan fingerprint density at radius 3 is 2.86 bits per heavy atom. The van der Waals surface area contributed by atoms with Crippen molar-refractivity contribution in [3.8, 4) is 11.5 Å². The maximum Gasteiger partial charge on any atom is 0.235 e. The zero-order chi connectivity index (χ0) is 20.4. The summed E-state index contributed by atoms with van der Waals surface area (Å²) in [7, 11) is 1.56. The van der Waals surface area contributed by atoms with Crippen molar-refractivity contribution < 1.29 is 18.7 Å². The molecule has 3 aromatic rings. The highest BCUT2D eigenvalue weighted by atomic mass is 32.2. The molecule has 0 saturated heterocycles. The Bertz CT molecular complexity index is 1050. The lowest BCUT2D eigenvalue weighted by molar-refractivity contribution is -0.113. The molecule has 0 spiro atoms. The van der Waals surface area contributed by atoms with Gasteiger partial charge in [-0.3, -0.25) is 9.89 Å². The third-order valence-corrected chi connectivity index (χ3v) is 6.00. The number of nitrogens with one attached hydrogen (secondary N) is 2. The van der Waals surface area contributed by atoms with Crippen LogP contribution >= 0.6 is 11.8 Å². The maximum atomic E-state index is 13.8. The van der Waals surface area contributed by atoms with E-state index < -0.39 is 0 Å². The number of fused-ring (bicyclic) bond motifs is 1. The van der Waals surface area contributed by atoms with Crippen LogP contribution in [0, 0.1) is 12.7 Å². The van der Waals surface area contributed by atoms with Gasteiger partial charge in [0.15, 0.2) is 17.3 Å². The molecule has 0 bridgehead atoms. The smallest absolute Gasteiger partial charge is 0.235 e. The molecule has 4 rings (SSSR count). The summed E-state index contributed by atoms with van der Waals surface area (Å²) >= 11 is 1.53. The van der Waals surface area contributed by atoms with Gasteiger partial charge >= 0.3 is 0 Å². The highest BCUT2D eigenvalue weighted by Crippen LogP contribution is 2.44. The predicted molar refractivity (Wildman–Crippen MR) is 110 cm³/mol.